The van der Waals surface area contributed by atoms with E-state index in [9.17, 15) is 9.90 Å². The molecule has 0 saturated carbocycles. The van der Waals surface area contributed by atoms with E-state index in [4.69, 9.17) is 0 Å². The number of anilines is 1. The Morgan fingerprint density at radius 2 is 2.09 bits per heavy atom. The van der Waals surface area contributed by atoms with Gasteiger partial charge >= 0.3 is 5.97 Å². The van der Waals surface area contributed by atoms with E-state index in [2.05, 4.69) is 43.1 Å². The van der Waals surface area contributed by atoms with Crippen LogP contribution in [0.4, 0.5) is 5.69 Å². The summed E-state index contributed by atoms with van der Waals surface area (Å²) in [5, 5.41) is 9.36. The molecule has 0 bridgehead atoms. The summed E-state index contributed by atoms with van der Waals surface area (Å²) in [4.78, 5) is 19.2. The van der Waals surface area contributed by atoms with Gasteiger partial charge in [0.2, 0.25) is 0 Å². The number of thiophene rings is 1. The number of carboxylic acids is 1. The van der Waals surface area contributed by atoms with Gasteiger partial charge in [-0.25, -0.2) is 0 Å². The third-order valence-corrected chi connectivity index (χ3v) is 6.33. The summed E-state index contributed by atoms with van der Waals surface area (Å²) in [6, 6.07) is 10.4. The number of carboxylic acid groups (broad SMARTS) is 1. The first kappa shape index (κ1) is 14.7. The lowest BCUT2D eigenvalue weighted by molar-refractivity contribution is -0.137. The fourth-order valence-electron chi connectivity index (χ4n) is 3.15. The predicted molar refractivity (Wildman–Crippen MR) is 94.7 cm³/mol. The number of carbonyl (C=O) groups is 1. The van der Waals surface area contributed by atoms with Gasteiger partial charge in [-0.3, -0.25) is 4.79 Å². The van der Waals surface area contributed by atoms with Gasteiger partial charge in [0.25, 0.3) is 0 Å². The van der Waals surface area contributed by atoms with Gasteiger partial charge in [-0.15, -0.1) is 11.3 Å². The third kappa shape index (κ3) is 2.33. The number of para-hydroxylation sites is 1. The summed E-state index contributed by atoms with van der Waals surface area (Å²) in [5.41, 5.74) is 3.28. The largest absolute Gasteiger partial charge is 0.480 e. The average Bonchev–Trinajstić information content (AvgIpc) is 3.12. The van der Waals surface area contributed by atoms with Crippen LogP contribution in [-0.4, -0.2) is 28.0 Å². The Bertz CT molecular complexity index is 828. The molecule has 4 nitrogen and oxygen atoms in total. The highest BCUT2D eigenvalue weighted by atomic mass is 32.2. The Kier molecular flexibility index (Phi) is 3.39. The van der Waals surface area contributed by atoms with Crippen LogP contribution >= 0.6 is 23.1 Å². The van der Waals surface area contributed by atoms with Gasteiger partial charge in [0.05, 0.1) is 11.4 Å². The number of hydrogen-bond donors (Lipinski definition) is 1. The maximum atomic E-state index is 11.4. The van der Waals surface area contributed by atoms with Gasteiger partial charge in [0.15, 0.2) is 5.50 Å². The molecule has 0 radical (unpaired) electrons. The van der Waals surface area contributed by atoms with E-state index in [-0.39, 0.29) is 12.0 Å². The van der Waals surface area contributed by atoms with E-state index < -0.39 is 5.97 Å². The molecule has 23 heavy (non-hydrogen) atoms. The van der Waals surface area contributed by atoms with Gasteiger partial charge in [0, 0.05) is 26.4 Å². The molecule has 1 atom stereocenters. The second-order valence-corrected chi connectivity index (χ2v) is 8.24. The minimum absolute atomic E-state index is 0.00230. The topological polar surface area (TPSA) is 43.8 Å². The van der Waals surface area contributed by atoms with Crippen LogP contribution in [0.25, 0.3) is 5.70 Å². The van der Waals surface area contributed by atoms with Crippen molar-refractivity contribution in [1.29, 1.82) is 0 Å². The van der Waals surface area contributed by atoms with E-state index >= 15 is 0 Å². The van der Waals surface area contributed by atoms with Gasteiger partial charge in [-0.1, -0.05) is 23.9 Å². The molecule has 0 amide bonds. The molecule has 3 heterocycles. The maximum absolute atomic E-state index is 11.4. The van der Waals surface area contributed by atoms with Crippen molar-refractivity contribution in [2.45, 2.75) is 24.2 Å². The minimum atomic E-state index is -0.807. The van der Waals surface area contributed by atoms with Crippen molar-refractivity contribution >= 4 is 40.5 Å². The molecule has 1 unspecified atom stereocenters. The van der Waals surface area contributed by atoms with Gasteiger partial charge in [-0.05, 0) is 32.0 Å². The molecule has 118 valence electrons. The van der Waals surface area contributed by atoms with Crippen LogP contribution in [0.3, 0.4) is 0 Å². The van der Waals surface area contributed by atoms with Crippen LogP contribution in [0, 0.1) is 13.8 Å². The van der Waals surface area contributed by atoms with Crippen LogP contribution in [0.15, 0.2) is 41.4 Å². The molecule has 1 aromatic carbocycles. The zero-order valence-corrected chi connectivity index (χ0v) is 14.4. The number of benzene rings is 1. The number of aliphatic carboxylic acids is 1. The zero-order chi connectivity index (χ0) is 16.1. The zero-order valence-electron chi connectivity index (χ0n) is 12.8. The molecule has 4 rings (SSSR count). The summed E-state index contributed by atoms with van der Waals surface area (Å²) in [6.45, 7) is 4.18. The highest BCUT2D eigenvalue weighted by Gasteiger charge is 2.41. The van der Waals surface area contributed by atoms with Crippen molar-refractivity contribution in [2.75, 3.05) is 11.4 Å². The summed E-state index contributed by atoms with van der Waals surface area (Å²) in [6.07, 6.45) is 2.10. The average molecular weight is 344 g/mol. The smallest absolute Gasteiger partial charge is 0.323 e. The predicted octanol–water partition coefficient (Wildman–Crippen LogP) is 3.96. The molecule has 0 aliphatic carbocycles. The lowest BCUT2D eigenvalue weighted by atomic mass is 10.2. The van der Waals surface area contributed by atoms with Crippen molar-refractivity contribution in [3.63, 3.8) is 0 Å². The number of thioether (sulfide) groups is 1. The lowest BCUT2D eigenvalue weighted by Crippen LogP contribution is -2.37. The third-order valence-electron chi connectivity index (χ3n) is 4.07. The molecule has 6 heteroatoms. The minimum Gasteiger partial charge on any atom is -0.480 e. The molecule has 0 saturated heterocycles. The van der Waals surface area contributed by atoms with E-state index in [0.717, 1.165) is 16.9 Å². The summed E-state index contributed by atoms with van der Waals surface area (Å²) in [5.74, 6) is -0.807. The Labute approximate surface area is 143 Å². The van der Waals surface area contributed by atoms with Crippen LogP contribution in [-0.2, 0) is 4.79 Å². The van der Waals surface area contributed by atoms with Crippen LogP contribution in [0.5, 0.6) is 0 Å². The van der Waals surface area contributed by atoms with E-state index in [1.165, 1.54) is 14.6 Å². The number of aryl methyl sites for hydroxylation is 2. The monoisotopic (exact) mass is 344 g/mol. The van der Waals surface area contributed by atoms with E-state index in [1.54, 1.807) is 23.1 Å². The molecule has 2 aliphatic rings. The van der Waals surface area contributed by atoms with Crippen molar-refractivity contribution in [3.05, 3.63) is 51.8 Å². The van der Waals surface area contributed by atoms with Crippen molar-refractivity contribution in [1.82, 2.24) is 4.90 Å². The number of hydrogen-bond acceptors (Lipinski definition) is 5. The second-order valence-electron chi connectivity index (χ2n) is 5.68. The summed E-state index contributed by atoms with van der Waals surface area (Å²) >= 11 is 3.46. The Morgan fingerprint density at radius 3 is 2.78 bits per heavy atom. The Hall–Kier alpha value is -1.92. The molecular formula is C17H16N2O2S2. The van der Waals surface area contributed by atoms with E-state index in [1.807, 2.05) is 17.0 Å². The Morgan fingerprint density at radius 1 is 1.30 bits per heavy atom. The van der Waals surface area contributed by atoms with Gasteiger partial charge in [0.1, 0.15) is 6.54 Å². The first-order valence-corrected chi connectivity index (χ1v) is 9.06. The van der Waals surface area contributed by atoms with Crippen LogP contribution in [0.1, 0.15) is 15.3 Å². The molecule has 1 N–H and O–H groups in total. The normalized spacial score (nSPS) is 18.9. The molecule has 2 aliphatic heterocycles. The number of fused-ring (bicyclic) bond motifs is 3. The summed E-state index contributed by atoms with van der Waals surface area (Å²) < 4.78 is 0. The molecular weight excluding hydrogens is 328 g/mol. The fourth-order valence-corrected chi connectivity index (χ4v) is 5.36. The van der Waals surface area contributed by atoms with Crippen molar-refractivity contribution in [3.8, 4) is 0 Å². The first-order chi connectivity index (χ1) is 11.0. The van der Waals surface area contributed by atoms with Crippen LogP contribution in [0.2, 0.25) is 0 Å². The number of rotatable bonds is 3. The molecule has 2 aromatic rings. The maximum Gasteiger partial charge on any atom is 0.323 e. The lowest BCUT2D eigenvalue weighted by Gasteiger charge is -2.27. The fraction of sp³-hybridized carbons (Fsp3) is 0.235. The van der Waals surface area contributed by atoms with Crippen LogP contribution < -0.4 is 4.90 Å². The molecule has 1 aromatic heterocycles. The van der Waals surface area contributed by atoms with E-state index in [0.29, 0.717) is 0 Å². The highest BCUT2D eigenvalue weighted by Crippen LogP contribution is 2.50. The first-order valence-electron chi connectivity index (χ1n) is 7.36. The standard InChI is InChI=1S/C17H16N2O2S2/c1-10-7-12(11(2)22-10)14-8-18-13-5-3-4-6-15(13)23-17(18)19(14)9-16(20)21/h3-8,17H,9H2,1-2H3,(H,20,21). The highest BCUT2D eigenvalue weighted by molar-refractivity contribution is 8.00. The second kappa shape index (κ2) is 5.32. The van der Waals surface area contributed by atoms with Gasteiger partial charge in [-0.2, -0.15) is 0 Å². The summed E-state index contributed by atoms with van der Waals surface area (Å²) in [7, 11) is 0. The van der Waals surface area contributed by atoms with Gasteiger partial charge < -0.3 is 14.9 Å². The molecule has 0 fully saturated rings. The molecule has 0 spiro atoms. The Balaban J connectivity index is 1.80. The quantitative estimate of drug-likeness (QED) is 0.913. The van der Waals surface area contributed by atoms with Crippen molar-refractivity contribution < 1.29 is 9.90 Å². The van der Waals surface area contributed by atoms with Crippen molar-refractivity contribution in [2.24, 2.45) is 0 Å². The SMILES string of the molecule is Cc1cc(C2=CN3c4ccccc4SC3N2CC(=O)O)c(C)s1. The number of nitrogens with zero attached hydrogens (tertiary/aromatic N) is 2.